The van der Waals surface area contributed by atoms with E-state index < -0.39 is 29.8 Å². The van der Waals surface area contributed by atoms with Crippen molar-refractivity contribution in [2.45, 2.75) is 26.1 Å². The smallest absolute Gasteiger partial charge is 0.416 e. The van der Waals surface area contributed by atoms with Gasteiger partial charge in [0.1, 0.15) is 0 Å². The number of ether oxygens (including phenoxy) is 1. The maximum Gasteiger partial charge on any atom is 0.416 e. The summed E-state index contributed by atoms with van der Waals surface area (Å²) in [6, 6.07) is 2.99. The Kier molecular flexibility index (Phi) is 4.86. The predicted octanol–water partition coefficient (Wildman–Crippen LogP) is 3.24. The Labute approximate surface area is 137 Å². The van der Waals surface area contributed by atoms with E-state index >= 15 is 0 Å². The van der Waals surface area contributed by atoms with Crippen molar-refractivity contribution in [3.8, 4) is 0 Å². The molecule has 1 aliphatic rings. The standard InChI is InChI=1S/C16H17F3N2O3/c1-4-24-14(22)12-9(2)21(3)15(23)20-13(12)10-5-7-11(8-6-10)16(17,18)19/h5-8,13H,4H2,1-3H3,(H,20,23)/t13-/m0/s1. The number of hydrogen-bond donors (Lipinski definition) is 1. The van der Waals surface area contributed by atoms with Gasteiger partial charge in [0.25, 0.3) is 0 Å². The Hall–Kier alpha value is -2.51. The van der Waals surface area contributed by atoms with Gasteiger partial charge in [0, 0.05) is 12.7 Å². The van der Waals surface area contributed by atoms with Crippen LogP contribution >= 0.6 is 0 Å². The van der Waals surface area contributed by atoms with E-state index in [2.05, 4.69) is 5.32 Å². The molecule has 1 aromatic rings. The highest BCUT2D eigenvalue weighted by Crippen LogP contribution is 2.33. The zero-order valence-electron chi connectivity index (χ0n) is 13.4. The second kappa shape index (κ2) is 6.54. The lowest BCUT2D eigenvalue weighted by atomic mass is 9.94. The van der Waals surface area contributed by atoms with Crippen LogP contribution in [0.25, 0.3) is 0 Å². The van der Waals surface area contributed by atoms with Gasteiger partial charge in [-0.2, -0.15) is 13.2 Å². The number of rotatable bonds is 3. The van der Waals surface area contributed by atoms with E-state index in [-0.39, 0.29) is 12.2 Å². The minimum Gasteiger partial charge on any atom is -0.463 e. The van der Waals surface area contributed by atoms with Crippen LogP contribution in [-0.2, 0) is 15.7 Å². The monoisotopic (exact) mass is 342 g/mol. The Morgan fingerprint density at radius 1 is 1.29 bits per heavy atom. The Morgan fingerprint density at radius 2 is 1.88 bits per heavy atom. The molecule has 1 atom stereocenters. The number of urea groups is 1. The minimum atomic E-state index is -4.45. The first-order chi connectivity index (χ1) is 11.2. The fourth-order valence-electron chi connectivity index (χ4n) is 2.42. The molecule has 0 radical (unpaired) electrons. The third-order valence-electron chi connectivity index (χ3n) is 3.82. The fraction of sp³-hybridized carbons (Fsp3) is 0.375. The highest BCUT2D eigenvalue weighted by molar-refractivity contribution is 5.94. The van der Waals surface area contributed by atoms with Gasteiger partial charge in [-0.3, -0.25) is 0 Å². The average molecular weight is 342 g/mol. The predicted molar refractivity (Wildman–Crippen MR) is 79.8 cm³/mol. The molecule has 1 N–H and O–H groups in total. The van der Waals surface area contributed by atoms with Gasteiger partial charge in [0.15, 0.2) is 0 Å². The van der Waals surface area contributed by atoms with Crippen molar-refractivity contribution in [3.05, 3.63) is 46.7 Å². The summed E-state index contributed by atoms with van der Waals surface area (Å²) in [6.07, 6.45) is -4.45. The number of carbonyl (C=O) groups is 2. The molecule has 0 aromatic heterocycles. The molecule has 0 saturated heterocycles. The summed E-state index contributed by atoms with van der Waals surface area (Å²) in [7, 11) is 1.49. The molecule has 130 valence electrons. The molecule has 5 nitrogen and oxygen atoms in total. The molecule has 0 bridgehead atoms. The largest absolute Gasteiger partial charge is 0.463 e. The molecular formula is C16H17F3N2O3. The molecule has 2 amide bonds. The van der Waals surface area contributed by atoms with Crippen molar-refractivity contribution in [3.63, 3.8) is 0 Å². The molecule has 0 unspecified atom stereocenters. The van der Waals surface area contributed by atoms with Crippen LogP contribution in [0, 0.1) is 0 Å². The summed E-state index contributed by atoms with van der Waals surface area (Å²) in [5, 5.41) is 2.61. The number of alkyl halides is 3. The second-order valence-electron chi connectivity index (χ2n) is 5.28. The maximum absolute atomic E-state index is 12.7. The number of benzene rings is 1. The Bertz CT molecular complexity index is 681. The number of amides is 2. The van der Waals surface area contributed by atoms with Crippen LogP contribution in [0.2, 0.25) is 0 Å². The van der Waals surface area contributed by atoms with Gasteiger partial charge >= 0.3 is 18.2 Å². The van der Waals surface area contributed by atoms with E-state index in [9.17, 15) is 22.8 Å². The zero-order chi connectivity index (χ0) is 18.1. The molecule has 2 rings (SSSR count). The normalized spacial score (nSPS) is 18.5. The van der Waals surface area contributed by atoms with Gasteiger partial charge in [0.05, 0.1) is 23.8 Å². The molecule has 0 aliphatic carbocycles. The van der Waals surface area contributed by atoms with Crippen LogP contribution in [0.3, 0.4) is 0 Å². The summed E-state index contributed by atoms with van der Waals surface area (Å²) >= 11 is 0. The van der Waals surface area contributed by atoms with Gasteiger partial charge in [0.2, 0.25) is 0 Å². The molecule has 0 fully saturated rings. The first kappa shape index (κ1) is 17.8. The van der Waals surface area contributed by atoms with E-state index in [4.69, 9.17) is 4.74 Å². The number of hydrogen-bond acceptors (Lipinski definition) is 3. The highest BCUT2D eigenvalue weighted by Gasteiger charge is 2.36. The van der Waals surface area contributed by atoms with Crippen LogP contribution in [0.5, 0.6) is 0 Å². The van der Waals surface area contributed by atoms with Gasteiger partial charge in [-0.05, 0) is 31.5 Å². The SMILES string of the molecule is CCOC(=O)C1=C(C)N(C)C(=O)N[C@H]1c1ccc(C(F)(F)F)cc1. The van der Waals surface area contributed by atoms with Crippen LogP contribution in [-0.4, -0.2) is 30.6 Å². The van der Waals surface area contributed by atoms with E-state index in [1.807, 2.05) is 0 Å². The molecule has 1 aliphatic heterocycles. The summed E-state index contributed by atoms with van der Waals surface area (Å²) in [4.78, 5) is 25.5. The Balaban J connectivity index is 2.46. The molecule has 0 saturated carbocycles. The topological polar surface area (TPSA) is 58.6 Å². The second-order valence-corrected chi connectivity index (χ2v) is 5.28. The van der Waals surface area contributed by atoms with Crippen LogP contribution in [0.1, 0.15) is 31.0 Å². The van der Waals surface area contributed by atoms with E-state index in [1.165, 1.54) is 24.1 Å². The fourth-order valence-corrected chi connectivity index (χ4v) is 2.42. The van der Waals surface area contributed by atoms with Crippen molar-refractivity contribution in [2.24, 2.45) is 0 Å². The van der Waals surface area contributed by atoms with E-state index in [0.717, 1.165) is 12.1 Å². The molecule has 0 spiro atoms. The molecule has 1 heterocycles. The summed E-state index contributed by atoms with van der Waals surface area (Å²) < 4.78 is 43.1. The maximum atomic E-state index is 12.7. The highest BCUT2D eigenvalue weighted by atomic mass is 19.4. The number of nitrogens with one attached hydrogen (secondary N) is 1. The van der Waals surface area contributed by atoms with Crippen molar-refractivity contribution < 1.29 is 27.5 Å². The van der Waals surface area contributed by atoms with E-state index in [0.29, 0.717) is 11.3 Å². The van der Waals surface area contributed by atoms with Crippen molar-refractivity contribution in [1.82, 2.24) is 10.2 Å². The number of carbonyl (C=O) groups excluding carboxylic acids is 2. The van der Waals surface area contributed by atoms with Crippen LogP contribution in [0.15, 0.2) is 35.5 Å². The number of esters is 1. The summed E-state index contributed by atoms with van der Waals surface area (Å²) in [5.41, 5.74) is 0.150. The van der Waals surface area contributed by atoms with Crippen molar-refractivity contribution in [1.29, 1.82) is 0 Å². The lowest BCUT2D eigenvalue weighted by molar-refractivity contribution is -0.139. The van der Waals surface area contributed by atoms with Crippen LogP contribution < -0.4 is 5.32 Å². The van der Waals surface area contributed by atoms with E-state index in [1.54, 1.807) is 13.8 Å². The average Bonchev–Trinajstić information content (AvgIpc) is 2.51. The third-order valence-corrected chi connectivity index (χ3v) is 3.82. The Morgan fingerprint density at radius 3 is 2.38 bits per heavy atom. The first-order valence-corrected chi connectivity index (χ1v) is 7.26. The quantitative estimate of drug-likeness (QED) is 0.858. The lowest BCUT2D eigenvalue weighted by Crippen LogP contribution is -2.46. The summed E-state index contributed by atoms with van der Waals surface area (Å²) in [5.74, 6) is -0.619. The molecule has 8 heteroatoms. The first-order valence-electron chi connectivity index (χ1n) is 7.26. The van der Waals surface area contributed by atoms with Crippen molar-refractivity contribution in [2.75, 3.05) is 13.7 Å². The number of nitrogens with zero attached hydrogens (tertiary/aromatic N) is 1. The number of allylic oxidation sites excluding steroid dienone is 1. The minimum absolute atomic E-state index is 0.146. The molecule has 1 aromatic carbocycles. The van der Waals surface area contributed by atoms with Gasteiger partial charge in [-0.15, -0.1) is 0 Å². The van der Waals surface area contributed by atoms with Gasteiger partial charge < -0.3 is 15.0 Å². The van der Waals surface area contributed by atoms with Crippen LogP contribution in [0.4, 0.5) is 18.0 Å². The third kappa shape index (κ3) is 3.37. The summed E-state index contributed by atoms with van der Waals surface area (Å²) in [6.45, 7) is 3.38. The lowest BCUT2D eigenvalue weighted by Gasteiger charge is -2.33. The van der Waals surface area contributed by atoms with Gasteiger partial charge in [-0.1, -0.05) is 12.1 Å². The number of halogens is 3. The van der Waals surface area contributed by atoms with Crippen molar-refractivity contribution >= 4 is 12.0 Å². The zero-order valence-corrected chi connectivity index (χ0v) is 13.4. The molecular weight excluding hydrogens is 325 g/mol. The molecule has 24 heavy (non-hydrogen) atoms. The van der Waals surface area contributed by atoms with Gasteiger partial charge in [-0.25, -0.2) is 9.59 Å².